The van der Waals surface area contributed by atoms with E-state index in [-0.39, 0.29) is 0 Å². The number of hydrogen-bond acceptors (Lipinski definition) is 5. The van der Waals surface area contributed by atoms with E-state index >= 15 is 0 Å². The molecule has 0 aliphatic carbocycles. The highest BCUT2D eigenvalue weighted by molar-refractivity contribution is 7.99. The smallest absolute Gasteiger partial charge is 0.141 e. The van der Waals surface area contributed by atoms with Gasteiger partial charge < -0.3 is 5.43 Å². The van der Waals surface area contributed by atoms with Crippen molar-refractivity contribution in [3.8, 4) is 0 Å². The Hall–Kier alpha value is -1.53. The van der Waals surface area contributed by atoms with Crippen molar-refractivity contribution in [1.82, 2.24) is 14.8 Å². The van der Waals surface area contributed by atoms with Crippen molar-refractivity contribution in [3.63, 3.8) is 0 Å². The SMILES string of the molecule is Cn1cc(Sc2cccc(NN)n2)cn1. The minimum atomic E-state index is 0.656. The molecule has 15 heavy (non-hydrogen) atoms. The van der Waals surface area contributed by atoms with E-state index in [0.29, 0.717) is 5.82 Å². The standard InChI is InChI=1S/C9H11N5S/c1-14-6-7(5-11-14)15-9-4-2-3-8(12-9)13-10/h2-6H,10H2,1H3,(H,12,13). The molecule has 0 unspecified atom stereocenters. The van der Waals surface area contributed by atoms with Gasteiger partial charge in [0.1, 0.15) is 10.8 Å². The Kier molecular flexibility index (Phi) is 2.89. The molecule has 78 valence electrons. The highest BCUT2D eigenvalue weighted by Gasteiger charge is 2.01. The summed E-state index contributed by atoms with van der Waals surface area (Å²) in [5.41, 5.74) is 2.51. The van der Waals surface area contributed by atoms with Gasteiger partial charge in [0.15, 0.2) is 0 Å². The molecule has 0 saturated carbocycles. The minimum absolute atomic E-state index is 0.656. The van der Waals surface area contributed by atoms with Gasteiger partial charge in [-0.25, -0.2) is 10.8 Å². The fourth-order valence-corrected chi connectivity index (χ4v) is 1.96. The summed E-state index contributed by atoms with van der Waals surface area (Å²) in [5, 5.41) is 4.97. The van der Waals surface area contributed by atoms with Crippen LogP contribution in [0.4, 0.5) is 5.82 Å². The number of hydrogen-bond donors (Lipinski definition) is 2. The number of hydrazine groups is 1. The van der Waals surface area contributed by atoms with Crippen LogP contribution in [0.3, 0.4) is 0 Å². The lowest BCUT2D eigenvalue weighted by Gasteiger charge is -2.01. The molecular weight excluding hydrogens is 210 g/mol. The van der Waals surface area contributed by atoms with Gasteiger partial charge in [0.05, 0.1) is 11.1 Å². The molecular formula is C9H11N5S. The van der Waals surface area contributed by atoms with Crippen LogP contribution in [0.15, 0.2) is 40.5 Å². The van der Waals surface area contributed by atoms with Crippen molar-refractivity contribution in [2.45, 2.75) is 9.92 Å². The van der Waals surface area contributed by atoms with Crippen LogP contribution < -0.4 is 11.3 Å². The third kappa shape index (κ3) is 2.48. The van der Waals surface area contributed by atoms with E-state index in [4.69, 9.17) is 5.84 Å². The molecule has 0 aliphatic heterocycles. The summed E-state index contributed by atoms with van der Waals surface area (Å²) in [6.45, 7) is 0. The molecule has 3 N–H and O–H groups in total. The molecule has 0 atom stereocenters. The topological polar surface area (TPSA) is 68.8 Å². The number of nitrogens with two attached hydrogens (primary N) is 1. The van der Waals surface area contributed by atoms with E-state index in [1.807, 2.05) is 31.4 Å². The van der Waals surface area contributed by atoms with Crippen molar-refractivity contribution in [2.75, 3.05) is 5.43 Å². The Balaban J connectivity index is 2.16. The molecule has 2 rings (SSSR count). The van der Waals surface area contributed by atoms with Gasteiger partial charge in [0.2, 0.25) is 0 Å². The summed E-state index contributed by atoms with van der Waals surface area (Å²) in [5.74, 6) is 5.93. The average molecular weight is 221 g/mol. The first-order chi connectivity index (χ1) is 7.28. The zero-order valence-electron chi connectivity index (χ0n) is 8.21. The zero-order valence-corrected chi connectivity index (χ0v) is 9.03. The van der Waals surface area contributed by atoms with Crippen molar-refractivity contribution >= 4 is 17.6 Å². The van der Waals surface area contributed by atoms with Crippen LogP contribution in [-0.4, -0.2) is 14.8 Å². The van der Waals surface area contributed by atoms with Crippen LogP contribution in [0, 0.1) is 0 Å². The lowest BCUT2D eigenvalue weighted by Crippen LogP contribution is -2.08. The molecule has 2 aromatic rings. The van der Waals surface area contributed by atoms with E-state index in [0.717, 1.165) is 9.92 Å². The van der Waals surface area contributed by atoms with Gasteiger partial charge >= 0.3 is 0 Å². The molecule has 0 saturated heterocycles. The number of nitrogens with one attached hydrogen (secondary N) is 1. The first-order valence-corrected chi connectivity index (χ1v) is 5.20. The Labute approximate surface area is 91.7 Å². The molecule has 0 spiro atoms. The summed E-state index contributed by atoms with van der Waals surface area (Å²) in [6, 6.07) is 5.65. The summed E-state index contributed by atoms with van der Waals surface area (Å²) >= 11 is 1.55. The van der Waals surface area contributed by atoms with Crippen molar-refractivity contribution < 1.29 is 0 Å². The first-order valence-electron chi connectivity index (χ1n) is 4.38. The van der Waals surface area contributed by atoms with E-state index in [9.17, 15) is 0 Å². The monoisotopic (exact) mass is 221 g/mol. The number of nitrogens with zero attached hydrogens (tertiary/aromatic N) is 3. The minimum Gasteiger partial charge on any atom is -0.308 e. The number of nitrogen functional groups attached to an aromatic ring is 1. The lowest BCUT2D eigenvalue weighted by molar-refractivity contribution is 0.766. The third-order valence-corrected chi connectivity index (χ3v) is 2.66. The van der Waals surface area contributed by atoms with Crippen LogP contribution in [0.5, 0.6) is 0 Å². The second-order valence-electron chi connectivity index (χ2n) is 2.96. The second kappa shape index (κ2) is 4.33. The zero-order chi connectivity index (χ0) is 10.7. The quantitative estimate of drug-likeness (QED) is 0.603. The maximum absolute atomic E-state index is 5.28. The van der Waals surface area contributed by atoms with Crippen molar-refractivity contribution in [2.24, 2.45) is 12.9 Å². The molecule has 0 aromatic carbocycles. The molecule has 0 fully saturated rings. The highest BCUT2D eigenvalue weighted by atomic mass is 32.2. The predicted molar refractivity (Wildman–Crippen MR) is 59.4 cm³/mol. The van der Waals surface area contributed by atoms with Gasteiger partial charge in [-0.15, -0.1) is 0 Å². The van der Waals surface area contributed by atoms with Crippen molar-refractivity contribution in [3.05, 3.63) is 30.6 Å². The Morgan fingerprint density at radius 2 is 2.33 bits per heavy atom. The van der Waals surface area contributed by atoms with Gasteiger partial charge in [-0.3, -0.25) is 4.68 Å². The van der Waals surface area contributed by atoms with Crippen LogP contribution in [0.2, 0.25) is 0 Å². The molecule has 6 heteroatoms. The van der Waals surface area contributed by atoms with E-state index in [1.165, 1.54) is 0 Å². The Bertz CT molecular complexity index is 453. The van der Waals surface area contributed by atoms with Gasteiger partial charge in [-0.2, -0.15) is 5.10 Å². The number of anilines is 1. The molecule has 0 aliphatic rings. The van der Waals surface area contributed by atoms with Gasteiger partial charge in [-0.1, -0.05) is 17.8 Å². The summed E-state index contributed by atoms with van der Waals surface area (Å²) in [7, 11) is 1.88. The summed E-state index contributed by atoms with van der Waals surface area (Å²) in [6.07, 6.45) is 3.74. The number of rotatable bonds is 3. The maximum Gasteiger partial charge on any atom is 0.141 e. The summed E-state index contributed by atoms with van der Waals surface area (Å²) in [4.78, 5) is 5.34. The largest absolute Gasteiger partial charge is 0.308 e. The molecule has 0 amide bonds. The first kappa shape index (κ1) is 10.0. The molecule has 0 radical (unpaired) electrons. The van der Waals surface area contributed by atoms with Gasteiger partial charge in [0, 0.05) is 13.2 Å². The number of pyridine rings is 1. The van der Waals surface area contributed by atoms with Crippen molar-refractivity contribution in [1.29, 1.82) is 0 Å². The van der Waals surface area contributed by atoms with Gasteiger partial charge in [0.25, 0.3) is 0 Å². The van der Waals surface area contributed by atoms with Gasteiger partial charge in [-0.05, 0) is 12.1 Å². The third-order valence-electron chi connectivity index (χ3n) is 1.78. The van der Waals surface area contributed by atoms with Crippen LogP contribution >= 0.6 is 11.8 Å². The normalized spacial score (nSPS) is 10.3. The van der Waals surface area contributed by atoms with E-state index < -0.39 is 0 Å². The lowest BCUT2D eigenvalue weighted by atomic mass is 10.5. The fourth-order valence-electron chi connectivity index (χ4n) is 1.12. The van der Waals surface area contributed by atoms with Crippen LogP contribution in [0.1, 0.15) is 0 Å². The fraction of sp³-hybridized carbons (Fsp3) is 0.111. The second-order valence-corrected chi connectivity index (χ2v) is 4.05. The molecule has 2 heterocycles. The van der Waals surface area contributed by atoms with Crippen LogP contribution in [-0.2, 0) is 7.05 Å². The highest BCUT2D eigenvalue weighted by Crippen LogP contribution is 2.25. The molecule has 2 aromatic heterocycles. The Morgan fingerprint density at radius 1 is 1.47 bits per heavy atom. The molecule has 0 bridgehead atoms. The number of aromatic nitrogens is 3. The Morgan fingerprint density at radius 3 is 3.00 bits per heavy atom. The van der Waals surface area contributed by atoms with E-state index in [2.05, 4.69) is 15.5 Å². The predicted octanol–water partition coefficient (Wildman–Crippen LogP) is 1.25. The maximum atomic E-state index is 5.28. The number of aryl methyl sites for hydroxylation is 1. The average Bonchev–Trinajstić information content (AvgIpc) is 2.64. The van der Waals surface area contributed by atoms with Crippen LogP contribution in [0.25, 0.3) is 0 Å². The van der Waals surface area contributed by atoms with E-state index in [1.54, 1.807) is 22.6 Å². The molecule has 5 nitrogen and oxygen atoms in total. The summed E-state index contributed by atoms with van der Waals surface area (Å²) < 4.78 is 1.76.